The van der Waals surface area contributed by atoms with Crippen LogP contribution in [0.25, 0.3) is 5.69 Å². The number of hydrogen-bond donors (Lipinski definition) is 0. The zero-order valence-electron chi connectivity index (χ0n) is 18.9. The molecule has 0 saturated heterocycles. The van der Waals surface area contributed by atoms with E-state index in [9.17, 15) is 18.8 Å². The second-order valence-electron chi connectivity index (χ2n) is 7.65. The number of methoxy groups -OCH3 is 1. The van der Waals surface area contributed by atoms with Crippen LogP contribution in [0.4, 0.5) is 4.39 Å². The molecule has 0 N–H and O–H groups in total. The topological polar surface area (TPSA) is 118 Å². The van der Waals surface area contributed by atoms with Crippen molar-refractivity contribution in [3.05, 3.63) is 54.3 Å². The maximum atomic E-state index is 14.9. The summed E-state index contributed by atoms with van der Waals surface area (Å²) in [5, 5.41) is 7.92. The van der Waals surface area contributed by atoms with Crippen LogP contribution in [0.2, 0.25) is 5.02 Å². The fraction of sp³-hybridized carbons (Fsp3) is 0.400. The second kappa shape index (κ2) is 9.50. The Morgan fingerprint density at radius 1 is 1.32 bits per heavy atom. The van der Waals surface area contributed by atoms with Crippen LogP contribution in [0, 0.1) is 10.6 Å². The number of benzene rings is 1. The number of halogens is 2. The number of oxime groups is 2. The zero-order valence-corrected chi connectivity index (χ0v) is 20.5. The Labute approximate surface area is 202 Å². The van der Waals surface area contributed by atoms with Crippen LogP contribution in [-0.4, -0.2) is 50.4 Å². The Hall–Kier alpha value is -3.32. The summed E-state index contributed by atoms with van der Waals surface area (Å²) in [6.45, 7) is 2.92. The Kier molecular flexibility index (Phi) is 7.07. The van der Waals surface area contributed by atoms with Crippen molar-refractivity contribution in [2.75, 3.05) is 13.7 Å². The lowest BCUT2D eigenvalue weighted by Gasteiger charge is -2.20. The number of carbonyl (C=O) groups excluding carboxylic acids is 1. The highest BCUT2D eigenvalue weighted by Gasteiger charge is 2.39. The van der Waals surface area contributed by atoms with Gasteiger partial charge in [0.2, 0.25) is 6.61 Å². The molecule has 0 spiro atoms. The average molecular weight is 514 g/mol. The molecule has 1 aliphatic heterocycles. The summed E-state index contributed by atoms with van der Waals surface area (Å²) in [7, 11) is 3.97. The SMILES string of the molecule is COC(=O)CON=C(C)C1(C)CC(c2cc(-n3c(=O)n(C)c(=S)n(C)c3=O)c(F)cc2Cl)=NO1. The van der Waals surface area contributed by atoms with Gasteiger partial charge in [-0.1, -0.05) is 21.9 Å². The van der Waals surface area contributed by atoms with E-state index < -0.39 is 28.8 Å². The average Bonchev–Trinajstić information content (AvgIpc) is 3.20. The summed E-state index contributed by atoms with van der Waals surface area (Å²) < 4.78 is 22.1. The van der Waals surface area contributed by atoms with Gasteiger partial charge < -0.3 is 14.4 Å². The number of rotatable bonds is 6. The smallest absolute Gasteiger partial charge is 0.346 e. The van der Waals surface area contributed by atoms with Gasteiger partial charge in [-0.15, -0.1) is 0 Å². The molecule has 1 aliphatic rings. The van der Waals surface area contributed by atoms with E-state index in [0.717, 1.165) is 15.2 Å². The molecule has 0 aliphatic carbocycles. The van der Waals surface area contributed by atoms with Crippen molar-refractivity contribution in [1.82, 2.24) is 13.7 Å². The highest BCUT2D eigenvalue weighted by Crippen LogP contribution is 2.32. The molecule has 0 fully saturated rings. The third-order valence-corrected chi connectivity index (χ3v) is 6.22. The summed E-state index contributed by atoms with van der Waals surface area (Å²) in [5.41, 5.74) is -2.06. The number of aromatic nitrogens is 3. The summed E-state index contributed by atoms with van der Waals surface area (Å²) in [6, 6.07) is 2.23. The normalized spacial score (nSPS) is 17.9. The van der Waals surface area contributed by atoms with Crippen molar-refractivity contribution in [3.63, 3.8) is 0 Å². The summed E-state index contributed by atoms with van der Waals surface area (Å²) in [6.07, 6.45) is 0.153. The lowest BCUT2D eigenvalue weighted by atomic mass is 9.92. The number of carbonyl (C=O) groups is 1. The number of esters is 1. The van der Waals surface area contributed by atoms with E-state index in [-0.39, 0.29) is 34.1 Å². The van der Waals surface area contributed by atoms with Crippen molar-refractivity contribution in [1.29, 1.82) is 0 Å². The number of ether oxygens (including phenoxy) is 1. The molecule has 1 aromatic heterocycles. The molecule has 14 heteroatoms. The molecule has 2 heterocycles. The fourth-order valence-corrected chi connectivity index (χ4v) is 3.54. The highest BCUT2D eigenvalue weighted by molar-refractivity contribution is 7.71. The summed E-state index contributed by atoms with van der Waals surface area (Å²) >= 11 is 11.3. The standard InChI is InChI=1S/C20H21ClFN5O6S/c1-10(23-32-9-16(28)31-5)20(2)8-14(24-33-20)11-6-15(13(22)7-12(11)21)27-17(29)25(3)19(34)26(4)18(27)30/h6-7H,8-9H2,1-5H3. The van der Waals surface area contributed by atoms with Gasteiger partial charge in [-0.05, 0) is 38.2 Å². The minimum Gasteiger partial charge on any atom is -0.466 e. The first-order valence-corrected chi connectivity index (χ1v) is 10.6. The quantitative estimate of drug-likeness (QED) is 0.250. The van der Waals surface area contributed by atoms with Crippen molar-refractivity contribution in [3.8, 4) is 5.69 Å². The first-order valence-electron chi connectivity index (χ1n) is 9.79. The van der Waals surface area contributed by atoms with Gasteiger partial charge in [-0.25, -0.2) is 23.3 Å². The van der Waals surface area contributed by atoms with Crippen LogP contribution in [0.5, 0.6) is 0 Å². The number of hydrogen-bond acceptors (Lipinski definition) is 9. The van der Waals surface area contributed by atoms with E-state index in [1.165, 1.54) is 27.3 Å². The van der Waals surface area contributed by atoms with Gasteiger partial charge >= 0.3 is 17.3 Å². The van der Waals surface area contributed by atoms with Gasteiger partial charge in [0.15, 0.2) is 10.4 Å². The van der Waals surface area contributed by atoms with E-state index in [0.29, 0.717) is 16.0 Å². The summed E-state index contributed by atoms with van der Waals surface area (Å²) in [4.78, 5) is 47.1. The van der Waals surface area contributed by atoms with Crippen LogP contribution < -0.4 is 11.4 Å². The minimum absolute atomic E-state index is 0.00137. The summed E-state index contributed by atoms with van der Waals surface area (Å²) in [5.74, 6) is -1.49. The zero-order chi connectivity index (χ0) is 25.4. The molecule has 1 unspecified atom stereocenters. The molecular formula is C20H21ClFN5O6S. The fourth-order valence-electron chi connectivity index (χ4n) is 3.12. The first kappa shape index (κ1) is 25.3. The number of nitrogens with zero attached hydrogens (tertiary/aromatic N) is 5. The predicted octanol–water partition coefficient (Wildman–Crippen LogP) is 1.85. The monoisotopic (exact) mass is 513 g/mol. The third kappa shape index (κ3) is 4.53. The Morgan fingerprint density at radius 3 is 2.53 bits per heavy atom. The first-order chi connectivity index (χ1) is 15.9. The van der Waals surface area contributed by atoms with E-state index in [1.54, 1.807) is 13.8 Å². The second-order valence-corrected chi connectivity index (χ2v) is 8.42. The van der Waals surface area contributed by atoms with E-state index in [4.69, 9.17) is 33.5 Å². The van der Waals surface area contributed by atoms with Gasteiger partial charge in [0, 0.05) is 26.1 Å². The minimum atomic E-state index is -1.05. The van der Waals surface area contributed by atoms with Crippen LogP contribution in [-0.2, 0) is 33.3 Å². The van der Waals surface area contributed by atoms with Gasteiger partial charge in [0.05, 0.1) is 23.5 Å². The highest BCUT2D eigenvalue weighted by atomic mass is 35.5. The molecule has 34 heavy (non-hydrogen) atoms. The lowest BCUT2D eigenvalue weighted by molar-refractivity contribution is -0.145. The van der Waals surface area contributed by atoms with Crippen LogP contribution in [0.1, 0.15) is 25.8 Å². The molecule has 0 saturated carbocycles. The van der Waals surface area contributed by atoms with E-state index in [1.807, 2.05) is 0 Å². The third-order valence-electron chi connectivity index (χ3n) is 5.36. The molecule has 2 aromatic rings. The molecule has 1 aromatic carbocycles. The molecule has 0 radical (unpaired) electrons. The van der Waals surface area contributed by atoms with E-state index >= 15 is 0 Å². The maximum Gasteiger partial charge on any atom is 0.346 e. The molecule has 3 rings (SSSR count). The van der Waals surface area contributed by atoms with Crippen molar-refractivity contribution in [2.45, 2.75) is 25.9 Å². The molecular weight excluding hydrogens is 493 g/mol. The molecule has 0 bridgehead atoms. The van der Waals surface area contributed by atoms with Gasteiger partial charge in [-0.2, -0.15) is 0 Å². The molecule has 182 valence electrons. The maximum absolute atomic E-state index is 14.9. The van der Waals surface area contributed by atoms with Crippen LogP contribution in [0.3, 0.4) is 0 Å². The van der Waals surface area contributed by atoms with Crippen LogP contribution >= 0.6 is 23.8 Å². The van der Waals surface area contributed by atoms with Crippen molar-refractivity contribution in [2.24, 2.45) is 24.4 Å². The lowest BCUT2D eigenvalue weighted by Crippen LogP contribution is -2.43. The van der Waals surface area contributed by atoms with Gasteiger partial charge in [0.25, 0.3) is 0 Å². The van der Waals surface area contributed by atoms with Crippen LogP contribution in [0.15, 0.2) is 32.0 Å². The Balaban J connectivity index is 2.00. The largest absolute Gasteiger partial charge is 0.466 e. The predicted molar refractivity (Wildman–Crippen MR) is 124 cm³/mol. The van der Waals surface area contributed by atoms with E-state index in [2.05, 4.69) is 15.0 Å². The Bertz CT molecular complexity index is 1370. The molecule has 1 atom stereocenters. The van der Waals surface area contributed by atoms with Crippen molar-refractivity contribution < 1.29 is 23.6 Å². The van der Waals surface area contributed by atoms with Crippen molar-refractivity contribution >= 4 is 41.2 Å². The van der Waals surface area contributed by atoms with Gasteiger partial charge in [0.1, 0.15) is 11.5 Å². The Morgan fingerprint density at radius 2 is 1.94 bits per heavy atom. The molecule has 0 amide bonds. The van der Waals surface area contributed by atoms with Gasteiger partial charge in [-0.3, -0.25) is 9.13 Å². The molecule has 11 nitrogen and oxygen atoms in total.